The van der Waals surface area contributed by atoms with E-state index in [4.69, 9.17) is 23.4 Å². The van der Waals surface area contributed by atoms with Crippen LogP contribution in [0.3, 0.4) is 0 Å². The van der Waals surface area contributed by atoms with Gasteiger partial charge in [-0.3, -0.25) is 9.69 Å². The molecule has 3 aromatic carbocycles. The van der Waals surface area contributed by atoms with E-state index in [1.54, 1.807) is 43.3 Å². The number of aromatic nitrogens is 1. The number of hydrogen-bond acceptors (Lipinski definition) is 8. The average Bonchev–Trinajstić information content (AvgIpc) is 3.35. The van der Waals surface area contributed by atoms with Crippen LogP contribution in [0.1, 0.15) is 35.5 Å². The molecule has 4 rings (SSSR count). The zero-order chi connectivity index (χ0) is 28.6. The molecule has 0 fully saturated rings. The fraction of sp³-hybridized carbons (Fsp3) is 0.258. The van der Waals surface area contributed by atoms with Crippen LogP contribution in [0.25, 0.3) is 11.5 Å². The van der Waals surface area contributed by atoms with Crippen molar-refractivity contribution in [2.45, 2.75) is 33.4 Å². The van der Waals surface area contributed by atoms with Crippen molar-refractivity contribution in [2.24, 2.45) is 0 Å². The molecule has 1 amide bonds. The highest BCUT2D eigenvalue weighted by atomic mass is 16.6. The highest BCUT2D eigenvalue weighted by Crippen LogP contribution is 2.27. The van der Waals surface area contributed by atoms with Gasteiger partial charge in [-0.25, -0.2) is 9.78 Å². The molecule has 0 aliphatic heterocycles. The first-order chi connectivity index (χ1) is 19.3. The lowest BCUT2D eigenvalue weighted by Crippen LogP contribution is -2.40. The molecule has 40 heavy (non-hydrogen) atoms. The van der Waals surface area contributed by atoms with E-state index in [2.05, 4.69) is 4.98 Å². The Bertz CT molecular complexity index is 1450. The molecule has 0 N–H and O–H groups in total. The Labute approximate surface area is 233 Å². The third-order valence-corrected chi connectivity index (χ3v) is 6.40. The van der Waals surface area contributed by atoms with Gasteiger partial charge in [-0.05, 0) is 62.7 Å². The quantitative estimate of drug-likeness (QED) is 0.215. The highest BCUT2D eigenvalue weighted by Gasteiger charge is 2.26. The summed E-state index contributed by atoms with van der Waals surface area (Å²) in [5.41, 5.74) is 3.55. The van der Waals surface area contributed by atoms with Gasteiger partial charge in [0, 0.05) is 11.6 Å². The second kappa shape index (κ2) is 12.8. The van der Waals surface area contributed by atoms with Crippen LogP contribution in [0.4, 0.5) is 4.79 Å². The number of amides is 1. The van der Waals surface area contributed by atoms with Crippen molar-refractivity contribution < 1.29 is 33.0 Å². The highest BCUT2D eigenvalue weighted by molar-refractivity contribution is 5.79. The number of rotatable bonds is 10. The molecule has 4 aromatic rings. The molecule has 0 saturated heterocycles. The van der Waals surface area contributed by atoms with Crippen molar-refractivity contribution in [3.05, 3.63) is 95.4 Å². The van der Waals surface area contributed by atoms with E-state index in [-0.39, 0.29) is 13.2 Å². The van der Waals surface area contributed by atoms with Crippen molar-refractivity contribution in [3.63, 3.8) is 0 Å². The van der Waals surface area contributed by atoms with Gasteiger partial charge in [0.1, 0.15) is 41.9 Å². The van der Waals surface area contributed by atoms with Crippen molar-refractivity contribution in [3.8, 4) is 28.7 Å². The summed E-state index contributed by atoms with van der Waals surface area (Å²) < 4.78 is 27.3. The summed E-state index contributed by atoms with van der Waals surface area (Å²) in [5.74, 6) is 2.13. The maximum absolute atomic E-state index is 13.1. The Morgan fingerprint density at radius 3 is 2.30 bits per heavy atom. The molecule has 1 aromatic heterocycles. The zero-order valence-corrected chi connectivity index (χ0v) is 23.2. The normalized spacial score (nSPS) is 11.4. The smallest absolute Gasteiger partial charge is 0.416 e. The molecule has 208 valence electrons. The van der Waals surface area contributed by atoms with Gasteiger partial charge in [0.25, 0.3) is 0 Å². The predicted octanol–water partition coefficient (Wildman–Crippen LogP) is 6.28. The number of oxazole rings is 1. The second-order valence-electron chi connectivity index (χ2n) is 9.17. The molecule has 0 aliphatic carbocycles. The Morgan fingerprint density at radius 2 is 1.62 bits per heavy atom. The lowest BCUT2D eigenvalue weighted by atomic mass is 10.1. The summed E-state index contributed by atoms with van der Waals surface area (Å²) >= 11 is 0. The molecule has 1 heterocycles. The van der Waals surface area contributed by atoms with Crippen LogP contribution >= 0.6 is 0 Å². The molecular weight excluding hydrogens is 512 g/mol. The van der Waals surface area contributed by atoms with Crippen LogP contribution in [0, 0.1) is 13.8 Å². The summed E-state index contributed by atoms with van der Waals surface area (Å²) in [6.45, 7) is 5.64. The molecule has 9 heteroatoms. The standard InChI is InChI=1S/C31H32N2O7/c1-20-9-11-24(12-10-20)30-32-28(22(3)39-30)19-38-25-15-13-23(14-16-25)21(2)33(18-29(34)37-5)31(35)40-27-8-6-7-26(17-27)36-4/h6-17,21H,18-19H2,1-5H3/t21-/m0/s1. The minimum absolute atomic E-state index is 0.234. The van der Waals surface area contributed by atoms with Gasteiger partial charge in [0.05, 0.1) is 20.3 Å². The van der Waals surface area contributed by atoms with E-state index in [0.29, 0.717) is 34.6 Å². The molecule has 0 saturated carbocycles. The fourth-order valence-electron chi connectivity index (χ4n) is 3.94. The third-order valence-electron chi connectivity index (χ3n) is 6.40. The topological polar surface area (TPSA) is 100 Å². The van der Waals surface area contributed by atoms with Crippen LogP contribution < -0.4 is 14.2 Å². The van der Waals surface area contributed by atoms with E-state index in [9.17, 15) is 9.59 Å². The summed E-state index contributed by atoms with van der Waals surface area (Å²) in [5, 5.41) is 0. The van der Waals surface area contributed by atoms with Crippen LogP contribution in [-0.4, -0.2) is 42.7 Å². The van der Waals surface area contributed by atoms with Crippen LogP contribution in [-0.2, 0) is 16.1 Å². The minimum Gasteiger partial charge on any atom is -0.497 e. The first kappa shape index (κ1) is 28.2. The van der Waals surface area contributed by atoms with E-state index in [0.717, 1.165) is 16.7 Å². The van der Waals surface area contributed by atoms with Crippen LogP contribution in [0.15, 0.2) is 77.2 Å². The first-order valence-electron chi connectivity index (χ1n) is 12.7. The number of esters is 1. The lowest BCUT2D eigenvalue weighted by molar-refractivity contribution is -0.141. The van der Waals surface area contributed by atoms with E-state index < -0.39 is 18.1 Å². The second-order valence-corrected chi connectivity index (χ2v) is 9.17. The molecule has 1 atom stereocenters. The molecule has 0 aliphatic rings. The third kappa shape index (κ3) is 6.99. The van der Waals surface area contributed by atoms with E-state index >= 15 is 0 Å². The fourth-order valence-corrected chi connectivity index (χ4v) is 3.94. The van der Waals surface area contributed by atoms with Crippen molar-refractivity contribution in [1.82, 2.24) is 9.88 Å². The van der Waals surface area contributed by atoms with Gasteiger partial charge >= 0.3 is 12.1 Å². The van der Waals surface area contributed by atoms with Gasteiger partial charge in [0.15, 0.2) is 0 Å². The van der Waals surface area contributed by atoms with Gasteiger partial charge in [0.2, 0.25) is 5.89 Å². The predicted molar refractivity (Wildman–Crippen MR) is 148 cm³/mol. The largest absolute Gasteiger partial charge is 0.497 e. The average molecular weight is 545 g/mol. The Balaban J connectivity index is 1.43. The SMILES string of the molecule is COC(=O)CN(C(=O)Oc1cccc(OC)c1)[C@@H](C)c1ccc(OCc2nc(-c3ccc(C)cc3)oc2C)cc1. The summed E-state index contributed by atoms with van der Waals surface area (Å²) in [4.78, 5) is 31.1. The monoisotopic (exact) mass is 544 g/mol. The summed E-state index contributed by atoms with van der Waals surface area (Å²) in [6.07, 6.45) is -0.697. The van der Waals surface area contributed by atoms with Gasteiger partial charge < -0.3 is 23.4 Å². The molecule has 9 nitrogen and oxygen atoms in total. The molecule has 0 spiro atoms. The number of methoxy groups -OCH3 is 2. The molecule has 0 bridgehead atoms. The lowest BCUT2D eigenvalue weighted by Gasteiger charge is -2.27. The summed E-state index contributed by atoms with van der Waals surface area (Å²) in [7, 11) is 2.79. The van der Waals surface area contributed by atoms with Gasteiger partial charge in [-0.2, -0.15) is 0 Å². The van der Waals surface area contributed by atoms with Crippen LogP contribution in [0.2, 0.25) is 0 Å². The number of ether oxygens (including phenoxy) is 4. The van der Waals surface area contributed by atoms with Gasteiger partial charge in [-0.15, -0.1) is 0 Å². The maximum Gasteiger partial charge on any atom is 0.416 e. The van der Waals surface area contributed by atoms with Crippen LogP contribution in [0.5, 0.6) is 17.2 Å². The summed E-state index contributed by atoms with van der Waals surface area (Å²) in [6, 6.07) is 21.4. The zero-order valence-electron chi connectivity index (χ0n) is 23.2. The van der Waals surface area contributed by atoms with Gasteiger partial charge in [-0.1, -0.05) is 35.9 Å². The number of nitrogens with zero attached hydrogens (tertiary/aromatic N) is 2. The molecule has 0 unspecified atom stereocenters. The van der Waals surface area contributed by atoms with Crippen molar-refractivity contribution in [1.29, 1.82) is 0 Å². The number of benzene rings is 3. The maximum atomic E-state index is 13.1. The van der Waals surface area contributed by atoms with Crippen molar-refractivity contribution in [2.75, 3.05) is 20.8 Å². The number of carbonyl (C=O) groups is 2. The number of carbonyl (C=O) groups excluding carboxylic acids is 2. The Morgan fingerprint density at radius 1 is 0.925 bits per heavy atom. The first-order valence-corrected chi connectivity index (χ1v) is 12.7. The number of aryl methyl sites for hydroxylation is 2. The number of hydrogen-bond donors (Lipinski definition) is 0. The molecule has 0 radical (unpaired) electrons. The minimum atomic E-state index is -0.697. The van der Waals surface area contributed by atoms with E-state index in [1.807, 2.05) is 50.2 Å². The Kier molecular flexibility index (Phi) is 9.06. The van der Waals surface area contributed by atoms with E-state index in [1.165, 1.54) is 19.1 Å². The molecular formula is C31H32N2O7. The van der Waals surface area contributed by atoms with Crippen molar-refractivity contribution >= 4 is 12.1 Å². The Hall–Kier alpha value is -4.79.